The molecule has 3 rings (SSSR count). The average Bonchev–Trinajstić information content (AvgIpc) is 3.18. The summed E-state index contributed by atoms with van der Waals surface area (Å²) in [6, 6.07) is 2.81. The van der Waals surface area contributed by atoms with Crippen LogP contribution in [0.5, 0.6) is 17.2 Å². The molecule has 0 bridgehead atoms. The summed E-state index contributed by atoms with van der Waals surface area (Å²) in [6.07, 6.45) is 0.386. The first-order chi connectivity index (χ1) is 11.5. The van der Waals surface area contributed by atoms with Crippen molar-refractivity contribution in [3.8, 4) is 17.2 Å². The van der Waals surface area contributed by atoms with Gasteiger partial charge in [0.15, 0.2) is 11.5 Å². The Morgan fingerprint density at radius 3 is 2.96 bits per heavy atom. The molecule has 2 aliphatic rings. The van der Waals surface area contributed by atoms with Crippen LogP contribution in [0.15, 0.2) is 12.1 Å². The second-order valence-electron chi connectivity index (χ2n) is 6.03. The molecule has 1 N–H and O–H groups in total. The number of benzene rings is 1. The van der Waals surface area contributed by atoms with Gasteiger partial charge in [-0.05, 0) is 24.6 Å². The quantitative estimate of drug-likeness (QED) is 0.672. The Hall–Kier alpha value is -2.46. The third kappa shape index (κ3) is 2.63. The maximum absolute atomic E-state index is 12.1. The molecule has 0 spiro atoms. The highest BCUT2D eigenvalue weighted by Gasteiger charge is 2.53. The van der Waals surface area contributed by atoms with Gasteiger partial charge in [0.2, 0.25) is 12.5 Å². The van der Waals surface area contributed by atoms with E-state index in [-0.39, 0.29) is 18.8 Å². The molecule has 1 saturated heterocycles. The van der Waals surface area contributed by atoms with E-state index in [1.165, 1.54) is 0 Å². The smallest absolute Gasteiger partial charge is 0.323 e. The molecular weight excluding hydrogens is 312 g/mol. The minimum Gasteiger partial charge on any atom is -0.493 e. The molecule has 24 heavy (non-hydrogen) atoms. The fourth-order valence-corrected chi connectivity index (χ4v) is 3.25. The van der Waals surface area contributed by atoms with Gasteiger partial charge < -0.3 is 23.8 Å². The highest BCUT2D eigenvalue weighted by molar-refractivity contribution is 5.77. The van der Waals surface area contributed by atoms with E-state index in [1.807, 2.05) is 19.1 Å². The summed E-state index contributed by atoms with van der Waals surface area (Å²) in [7, 11) is 1.55. The van der Waals surface area contributed by atoms with E-state index in [0.717, 1.165) is 5.56 Å². The Labute approximate surface area is 140 Å². The second-order valence-corrected chi connectivity index (χ2v) is 6.03. The first kappa shape index (κ1) is 16.4. The van der Waals surface area contributed by atoms with Crippen molar-refractivity contribution >= 4 is 5.97 Å². The van der Waals surface area contributed by atoms with Crippen LogP contribution in [0.1, 0.15) is 31.9 Å². The molecule has 1 aromatic carbocycles. The van der Waals surface area contributed by atoms with Gasteiger partial charge in [0.05, 0.1) is 20.1 Å². The molecule has 7 nitrogen and oxygen atoms in total. The highest BCUT2D eigenvalue weighted by atomic mass is 16.7. The van der Waals surface area contributed by atoms with Crippen LogP contribution in [0.25, 0.3) is 4.85 Å². The van der Waals surface area contributed by atoms with Crippen molar-refractivity contribution in [3.05, 3.63) is 29.1 Å². The number of carbonyl (C=O) groups excluding carboxylic acids is 1. The molecule has 2 heterocycles. The fraction of sp³-hybridized carbons (Fsp3) is 0.529. The number of nitrogens with one attached hydrogen (secondary N) is 1. The molecule has 0 aromatic heterocycles. The van der Waals surface area contributed by atoms with E-state index in [0.29, 0.717) is 30.3 Å². The Morgan fingerprint density at radius 1 is 1.50 bits per heavy atom. The predicted molar refractivity (Wildman–Crippen MR) is 85.0 cm³/mol. The lowest BCUT2D eigenvalue weighted by molar-refractivity contribution is -0.145. The standard InChI is InChI=1S/C17H20N2O5/c1-5-22-16(20)11-8-17(2,18-3)15(19-11)10-6-12(21-4)14-13(7-10)23-9-24-14/h6-7,11,15,19H,5,8-9H2,1-2,4H3/t11-,15?,17-/m0/s1. The predicted octanol–water partition coefficient (Wildman–Crippen LogP) is 2.07. The van der Waals surface area contributed by atoms with Gasteiger partial charge in [-0.1, -0.05) is 0 Å². The van der Waals surface area contributed by atoms with E-state index in [2.05, 4.69) is 10.2 Å². The van der Waals surface area contributed by atoms with Crippen molar-refractivity contribution in [1.82, 2.24) is 5.32 Å². The molecule has 1 fully saturated rings. The van der Waals surface area contributed by atoms with Gasteiger partial charge in [0, 0.05) is 6.92 Å². The third-order valence-corrected chi connectivity index (χ3v) is 4.45. The first-order valence-electron chi connectivity index (χ1n) is 7.81. The van der Waals surface area contributed by atoms with Gasteiger partial charge in [0.1, 0.15) is 12.1 Å². The van der Waals surface area contributed by atoms with Gasteiger partial charge in [-0.25, -0.2) is 6.57 Å². The normalized spacial score (nSPS) is 27.6. The zero-order valence-corrected chi connectivity index (χ0v) is 13.9. The van der Waals surface area contributed by atoms with Crippen molar-refractivity contribution in [2.24, 2.45) is 0 Å². The second kappa shape index (κ2) is 6.21. The van der Waals surface area contributed by atoms with Crippen LogP contribution in [0.2, 0.25) is 0 Å². The molecular formula is C17H20N2O5. The van der Waals surface area contributed by atoms with Crippen LogP contribution in [0, 0.1) is 6.57 Å². The number of methoxy groups -OCH3 is 1. The molecule has 3 atom stereocenters. The lowest BCUT2D eigenvalue weighted by Crippen LogP contribution is -2.34. The first-order valence-corrected chi connectivity index (χ1v) is 7.81. The molecule has 0 aliphatic carbocycles. The number of nitrogens with zero attached hydrogens (tertiary/aromatic N) is 1. The van der Waals surface area contributed by atoms with E-state index >= 15 is 0 Å². The molecule has 2 aliphatic heterocycles. The van der Waals surface area contributed by atoms with Crippen LogP contribution in [-0.4, -0.2) is 38.1 Å². The van der Waals surface area contributed by atoms with Crippen molar-refractivity contribution < 1.29 is 23.7 Å². The minimum atomic E-state index is -0.768. The summed E-state index contributed by atoms with van der Waals surface area (Å²) in [6.45, 7) is 11.7. The Morgan fingerprint density at radius 2 is 2.29 bits per heavy atom. The Bertz CT molecular complexity index is 699. The van der Waals surface area contributed by atoms with Gasteiger partial charge in [-0.15, -0.1) is 0 Å². The average molecular weight is 332 g/mol. The summed E-state index contributed by atoms with van der Waals surface area (Å²) in [5, 5.41) is 3.24. The lowest BCUT2D eigenvalue weighted by Gasteiger charge is -2.20. The number of hydrogen-bond acceptors (Lipinski definition) is 6. The molecule has 7 heteroatoms. The minimum absolute atomic E-state index is 0.138. The Kier molecular flexibility index (Phi) is 4.24. The van der Waals surface area contributed by atoms with Crippen LogP contribution in [-0.2, 0) is 9.53 Å². The topological polar surface area (TPSA) is 70.4 Å². The summed E-state index contributed by atoms with van der Waals surface area (Å²) in [4.78, 5) is 15.9. The third-order valence-electron chi connectivity index (χ3n) is 4.45. The molecule has 1 aromatic rings. The van der Waals surface area contributed by atoms with E-state index in [4.69, 9.17) is 25.5 Å². The van der Waals surface area contributed by atoms with E-state index < -0.39 is 11.6 Å². The maximum Gasteiger partial charge on any atom is 0.323 e. The van der Waals surface area contributed by atoms with Crippen molar-refractivity contribution in [2.75, 3.05) is 20.5 Å². The van der Waals surface area contributed by atoms with E-state index in [9.17, 15) is 4.79 Å². The molecule has 1 unspecified atom stereocenters. The van der Waals surface area contributed by atoms with Gasteiger partial charge in [-0.3, -0.25) is 10.1 Å². The zero-order chi connectivity index (χ0) is 17.3. The molecule has 0 amide bonds. The van der Waals surface area contributed by atoms with Crippen molar-refractivity contribution in [2.45, 2.75) is 37.9 Å². The zero-order valence-electron chi connectivity index (χ0n) is 13.9. The largest absolute Gasteiger partial charge is 0.493 e. The lowest BCUT2D eigenvalue weighted by atomic mass is 9.87. The van der Waals surface area contributed by atoms with Gasteiger partial charge >= 0.3 is 5.97 Å². The number of rotatable bonds is 4. The number of ether oxygens (including phenoxy) is 4. The van der Waals surface area contributed by atoms with Crippen LogP contribution >= 0.6 is 0 Å². The Balaban J connectivity index is 1.96. The van der Waals surface area contributed by atoms with Crippen molar-refractivity contribution in [3.63, 3.8) is 0 Å². The summed E-state index contributed by atoms with van der Waals surface area (Å²) >= 11 is 0. The van der Waals surface area contributed by atoms with Crippen LogP contribution < -0.4 is 19.5 Å². The number of carbonyl (C=O) groups is 1. The van der Waals surface area contributed by atoms with Crippen LogP contribution in [0.3, 0.4) is 0 Å². The number of esters is 1. The molecule has 0 saturated carbocycles. The van der Waals surface area contributed by atoms with E-state index in [1.54, 1.807) is 14.0 Å². The maximum atomic E-state index is 12.1. The van der Waals surface area contributed by atoms with Crippen LogP contribution in [0.4, 0.5) is 0 Å². The fourth-order valence-electron chi connectivity index (χ4n) is 3.25. The number of hydrogen-bond donors (Lipinski definition) is 1. The highest BCUT2D eigenvalue weighted by Crippen LogP contribution is 2.47. The summed E-state index contributed by atoms with van der Waals surface area (Å²) < 4.78 is 21.3. The van der Waals surface area contributed by atoms with Gasteiger partial charge in [-0.2, -0.15) is 0 Å². The molecule has 0 radical (unpaired) electrons. The molecule has 128 valence electrons. The number of fused-ring (bicyclic) bond motifs is 1. The van der Waals surface area contributed by atoms with Gasteiger partial charge in [0.25, 0.3) is 5.54 Å². The SMILES string of the molecule is [C-]#[N+][C@@]1(C)C[C@@H](C(=O)OCC)NC1c1cc(OC)c2c(c1)OCO2. The monoisotopic (exact) mass is 332 g/mol. The summed E-state index contributed by atoms with van der Waals surface area (Å²) in [5.41, 5.74) is 0.0530. The van der Waals surface area contributed by atoms with Crippen molar-refractivity contribution in [1.29, 1.82) is 0 Å². The summed E-state index contributed by atoms with van der Waals surface area (Å²) in [5.74, 6) is 1.36.